The molecule has 0 radical (unpaired) electrons. The van der Waals surface area contributed by atoms with E-state index in [1.165, 1.54) is 16.5 Å². The van der Waals surface area contributed by atoms with Crippen molar-refractivity contribution in [1.29, 1.82) is 0 Å². The quantitative estimate of drug-likeness (QED) is 0.622. The molecule has 0 spiro atoms. The largest absolute Gasteiger partial charge is 0.354 e. The lowest BCUT2D eigenvalue weighted by molar-refractivity contribution is 0.867. The van der Waals surface area contributed by atoms with Crippen molar-refractivity contribution < 1.29 is 0 Å². The van der Waals surface area contributed by atoms with Crippen LogP contribution in [0.4, 0.5) is 0 Å². The zero-order chi connectivity index (χ0) is 13.4. The predicted octanol–water partition coefficient (Wildman–Crippen LogP) is 5.72. The Morgan fingerprint density at radius 3 is 2.37 bits per heavy atom. The molecule has 0 saturated carbocycles. The number of halogens is 1. The van der Waals surface area contributed by atoms with E-state index in [2.05, 4.69) is 83.3 Å². The third kappa shape index (κ3) is 2.33. The van der Waals surface area contributed by atoms with Gasteiger partial charge in [0.1, 0.15) is 0 Å². The number of aromatic amines is 1. The number of fused-ring (bicyclic) bond motifs is 1. The Kier molecular flexibility index (Phi) is 3.19. The molecule has 0 atom stereocenters. The van der Waals surface area contributed by atoms with Crippen LogP contribution in [0.25, 0.3) is 22.2 Å². The Morgan fingerprint density at radius 2 is 1.74 bits per heavy atom. The summed E-state index contributed by atoms with van der Waals surface area (Å²) in [4.78, 5) is 3.48. The van der Waals surface area contributed by atoms with Crippen LogP contribution in [0.1, 0.15) is 25.3 Å². The Balaban J connectivity index is 2.06. The van der Waals surface area contributed by atoms with E-state index in [-0.39, 0.29) is 0 Å². The highest BCUT2D eigenvalue weighted by Crippen LogP contribution is 2.29. The minimum Gasteiger partial charge on any atom is -0.354 e. The first-order valence-electron chi connectivity index (χ1n) is 6.53. The normalized spacial score (nSPS) is 11.4. The van der Waals surface area contributed by atoms with E-state index < -0.39 is 0 Å². The fourth-order valence-electron chi connectivity index (χ4n) is 2.32. The fraction of sp³-hybridized carbons (Fsp3) is 0.176. The molecule has 1 aromatic heterocycles. The van der Waals surface area contributed by atoms with Gasteiger partial charge in [-0.2, -0.15) is 0 Å². The van der Waals surface area contributed by atoms with Gasteiger partial charge < -0.3 is 4.98 Å². The van der Waals surface area contributed by atoms with Crippen LogP contribution in [0.3, 0.4) is 0 Å². The van der Waals surface area contributed by atoms with Crippen LogP contribution in [-0.4, -0.2) is 4.98 Å². The van der Waals surface area contributed by atoms with Gasteiger partial charge in [-0.15, -0.1) is 0 Å². The summed E-state index contributed by atoms with van der Waals surface area (Å²) in [5, 5.41) is 1.23. The van der Waals surface area contributed by atoms with Crippen molar-refractivity contribution in [3.63, 3.8) is 0 Å². The molecule has 0 amide bonds. The highest BCUT2D eigenvalue weighted by atomic mass is 79.9. The van der Waals surface area contributed by atoms with Gasteiger partial charge in [-0.3, -0.25) is 0 Å². The standard InChI is InChI=1S/C17H16BrN/c1-11(2)12-6-8-13(9-7-12)16-10-14-4-3-5-15(18)17(14)19-16/h3-11,19H,1-2H3. The molecular formula is C17H16BrN. The smallest absolute Gasteiger partial charge is 0.0603 e. The van der Waals surface area contributed by atoms with E-state index in [4.69, 9.17) is 0 Å². The molecular weight excluding hydrogens is 298 g/mol. The first kappa shape index (κ1) is 12.5. The van der Waals surface area contributed by atoms with Gasteiger partial charge >= 0.3 is 0 Å². The van der Waals surface area contributed by atoms with Gasteiger partial charge in [0, 0.05) is 15.6 Å². The number of hydrogen-bond donors (Lipinski definition) is 1. The van der Waals surface area contributed by atoms with Crippen LogP contribution in [-0.2, 0) is 0 Å². The zero-order valence-corrected chi connectivity index (χ0v) is 12.7. The van der Waals surface area contributed by atoms with Gasteiger partial charge in [0.15, 0.2) is 0 Å². The maximum atomic E-state index is 3.58. The van der Waals surface area contributed by atoms with Gasteiger partial charge in [0.2, 0.25) is 0 Å². The van der Waals surface area contributed by atoms with Gasteiger partial charge in [-0.05, 0) is 45.1 Å². The monoisotopic (exact) mass is 313 g/mol. The lowest BCUT2D eigenvalue weighted by Gasteiger charge is -2.05. The minimum atomic E-state index is 0.575. The van der Waals surface area contributed by atoms with Crippen LogP contribution in [0.2, 0.25) is 0 Å². The summed E-state index contributed by atoms with van der Waals surface area (Å²) in [6, 6.07) is 17.2. The van der Waals surface area contributed by atoms with Crippen LogP contribution >= 0.6 is 15.9 Å². The van der Waals surface area contributed by atoms with Crippen molar-refractivity contribution in [2.45, 2.75) is 19.8 Å². The average Bonchev–Trinajstić information content (AvgIpc) is 2.84. The number of benzene rings is 2. The first-order valence-corrected chi connectivity index (χ1v) is 7.32. The van der Waals surface area contributed by atoms with Gasteiger partial charge in [0.25, 0.3) is 0 Å². The summed E-state index contributed by atoms with van der Waals surface area (Å²) in [7, 11) is 0. The molecule has 1 N–H and O–H groups in total. The summed E-state index contributed by atoms with van der Waals surface area (Å²) in [6.07, 6.45) is 0. The van der Waals surface area contributed by atoms with Crippen molar-refractivity contribution in [1.82, 2.24) is 4.98 Å². The predicted molar refractivity (Wildman–Crippen MR) is 85.5 cm³/mol. The third-order valence-electron chi connectivity index (χ3n) is 3.49. The number of H-pyrrole nitrogens is 1. The second kappa shape index (κ2) is 4.86. The number of hydrogen-bond acceptors (Lipinski definition) is 0. The summed E-state index contributed by atoms with van der Waals surface area (Å²) < 4.78 is 1.11. The minimum absolute atomic E-state index is 0.575. The molecule has 0 unspecified atom stereocenters. The highest BCUT2D eigenvalue weighted by molar-refractivity contribution is 9.10. The van der Waals surface area contributed by atoms with Gasteiger partial charge in [-0.25, -0.2) is 0 Å². The van der Waals surface area contributed by atoms with Crippen LogP contribution in [0, 0.1) is 0 Å². The maximum absolute atomic E-state index is 3.58. The van der Waals surface area contributed by atoms with Crippen molar-refractivity contribution >= 4 is 26.8 Å². The molecule has 0 aliphatic carbocycles. The van der Waals surface area contributed by atoms with E-state index in [0.29, 0.717) is 5.92 Å². The van der Waals surface area contributed by atoms with Crippen molar-refractivity contribution in [3.8, 4) is 11.3 Å². The number of nitrogens with one attached hydrogen (secondary N) is 1. The Hall–Kier alpha value is -1.54. The van der Waals surface area contributed by atoms with Crippen molar-refractivity contribution in [2.24, 2.45) is 0 Å². The summed E-state index contributed by atoms with van der Waals surface area (Å²) in [6.45, 7) is 4.43. The summed E-state index contributed by atoms with van der Waals surface area (Å²) in [5.74, 6) is 0.575. The topological polar surface area (TPSA) is 15.8 Å². The van der Waals surface area contributed by atoms with Gasteiger partial charge in [-0.1, -0.05) is 50.2 Å². The van der Waals surface area contributed by atoms with E-state index >= 15 is 0 Å². The van der Waals surface area contributed by atoms with E-state index in [9.17, 15) is 0 Å². The molecule has 0 fully saturated rings. The van der Waals surface area contributed by atoms with Crippen LogP contribution < -0.4 is 0 Å². The number of aromatic nitrogens is 1. The van der Waals surface area contributed by atoms with Gasteiger partial charge in [0.05, 0.1) is 5.52 Å². The Bertz CT molecular complexity index is 708. The summed E-state index contributed by atoms with van der Waals surface area (Å²) in [5.41, 5.74) is 4.93. The molecule has 3 rings (SSSR count). The molecule has 0 bridgehead atoms. The van der Waals surface area contributed by atoms with E-state index in [1.54, 1.807) is 0 Å². The lowest BCUT2D eigenvalue weighted by Crippen LogP contribution is -1.86. The molecule has 1 nitrogen and oxygen atoms in total. The maximum Gasteiger partial charge on any atom is 0.0603 e. The van der Waals surface area contributed by atoms with E-state index in [0.717, 1.165) is 15.7 Å². The highest BCUT2D eigenvalue weighted by Gasteiger charge is 2.06. The molecule has 19 heavy (non-hydrogen) atoms. The molecule has 0 aliphatic rings. The second-order valence-electron chi connectivity index (χ2n) is 5.16. The van der Waals surface area contributed by atoms with E-state index in [1.807, 2.05) is 0 Å². The Morgan fingerprint density at radius 1 is 1.00 bits per heavy atom. The van der Waals surface area contributed by atoms with Crippen molar-refractivity contribution in [2.75, 3.05) is 0 Å². The van der Waals surface area contributed by atoms with Crippen LogP contribution in [0.15, 0.2) is 53.0 Å². The molecule has 96 valence electrons. The third-order valence-corrected chi connectivity index (χ3v) is 4.15. The van der Waals surface area contributed by atoms with Crippen molar-refractivity contribution in [3.05, 3.63) is 58.6 Å². The lowest BCUT2D eigenvalue weighted by atomic mass is 10.0. The SMILES string of the molecule is CC(C)c1ccc(-c2cc3cccc(Br)c3[nH]2)cc1. The number of rotatable bonds is 2. The first-order chi connectivity index (χ1) is 9.15. The average molecular weight is 314 g/mol. The fourth-order valence-corrected chi connectivity index (χ4v) is 2.80. The summed E-state index contributed by atoms with van der Waals surface area (Å²) >= 11 is 3.58. The second-order valence-corrected chi connectivity index (χ2v) is 6.02. The molecule has 3 aromatic rings. The Labute approximate surface area is 121 Å². The van der Waals surface area contributed by atoms with Crippen LogP contribution in [0.5, 0.6) is 0 Å². The zero-order valence-electron chi connectivity index (χ0n) is 11.1. The number of para-hydroxylation sites is 1. The molecule has 2 heteroatoms. The molecule has 2 aromatic carbocycles. The molecule has 0 saturated heterocycles. The molecule has 0 aliphatic heterocycles. The molecule has 1 heterocycles.